The molecule has 2 heterocycles. The van der Waals surface area contributed by atoms with Crippen LogP contribution < -0.4 is 10.1 Å². The van der Waals surface area contributed by atoms with Crippen LogP contribution in [0.1, 0.15) is 18.4 Å². The lowest BCUT2D eigenvalue weighted by molar-refractivity contribution is 0.323. The lowest BCUT2D eigenvalue weighted by atomic mass is 9.89. The number of piperidine rings is 1. The molecule has 1 aromatic rings. The molecule has 0 saturated carbocycles. The normalized spacial score (nSPS) is 26.7. The van der Waals surface area contributed by atoms with Gasteiger partial charge in [-0.1, -0.05) is 6.08 Å². The molecule has 2 aliphatic rings. The third-order valence-electron chi connectivity index (χ3n) is 3.97. The molecule has 96 valence electrons. The predicted octanol–water partition coefficient (Wildman–Crippen LogP) is 2.87. The molecule has 2 atom stereocenters. The Bertz CT molecular complexity index is 487. The molecular weight excluding hydrogens is 292 g/mol. The fourth-order valence-corrected chi connectivity index (χ4v) is 3.33. The number of hydrogen-bond donors (Lipinski definition) is 1. The predicted molar refractivity (Wildman–Crippen MR) is 75.5 cm³/mol. The van der Waals surface area contributed by atoms with Gasteiger partial charge in [-0.3, -0.25) is 0 Å². The SMILES string of the molecule is COc1cc(C2=C[C@@H]3CNCC[C@@H]3C2)cnc1Br. The number of rotatable bonds is 2. The Morgan fingerprint density at radius 3 is 3.17 bits per heavy atom. The van der Waals surface area contributed by atoms with E-state index in [9.17, 15) is 0 Å². The Kier molecular flexibility index (Phi) is 3.39. The van der Waals surface area contributed by atoms with Gasteiger partial charge in [-0.25, -0.2) is 4.98 Å². The van der Waals surface area contributed by atoms with Crippen molar-refractivity contribution in [3.63, 3.8) is 0 Å². The van der Waals surface area contributed by atoms with E-state index in [1.807, 2.05) is 6.20 Å². The van der Waals surface area contributed by atoms with E-state index in [4.69, 9.17) is 4.74 Å². The highest BCUT2D eigenvalue weighted by Crippen LogP contribution is 2.40. The van der Waals surface area contributed by atoms with Crippen LogP contribution in [0, 0.1) is 11.8 Å². The second-order valence-electron chi connectivity index (χ2n) is 5.03. The average molecular weight is 309 g/mol. The zero-order valence-corrected chi connectivity index (χ0v) is 12.0. The number of pyridine rings is 1. The zero-order valence-electron chi connectivity index (χ0n) is 10.4. The van der Waals surface area contributed by atoms with Crippen molar-refractivity contribution in [3.05, 3.63) is 28.5 Å². The minimum atomic E-state index is 0.698. The van der Waals surface area contributed by atoms with Crippen LogP contribution in [-0.2, 0) is 0 Å². The van der Waals surface area contributed by atoms with E-state index in [-0.39, 0.29) is 0 Å². The highest BCUT2D eigenvalue weighted by molar-refractivity contribution is 9.10. The van der Waals surface area contributed by atoms with Crippen LogP contribution in [0.3, 0.4) is 0 Å². The molecule has 0 bridgehead atoms. The van der Waals surface area contributed by atoms with Gasteiger partial charge in [-0.05, 0) is 64.4 Å². The molecule has 0 spiro atoms. The summed E-state index contributed by atoms with van der Waals surface area (Å²) in [6.45, 7) is 2.28. The molecule has 0 amide bonds. The van der Waals surface area contributed by atoms with E-state index < -0.39 is 0 Å². The summed E-state index contributed by atoms with van der Waals surface area (Å²) in [4.78, 5) is 4.35. The summed E-state index contributed by atoms with van der Waals surface area (Å²) in [5, 5.41) is 3.47. The summed E-state index contributed by atoms with van der Waals surface area (Å²) in [6, 6.07) is 2.08. The Labute approximate surface area is 116 Å². The van der Waals surface area contributed by atoms with Gasteiger partial charge in [-0.2, -0.15) is 0 Å². The van der Waals surface area contributed by atoms with Crippen LogP contribution >= 0.6 is 15.9 Å². The fraction of sp³-hybridized carbons (Fsp3) is 0.500. The molecular formula is C14H17BrN2O. The van der Waals surface area contributed by atoms with E-state index in [0.717, 1.165) is 29.4 Å². The number of halogens is 1. The number of methoxy groups -OCH3 is 1. The maximum atomic E-state index is 5.31. The summed E-state index contributed by atoms with van der Waals surface area (Å²) in [5.41, 5.74) is 2.62. The van der Waals surface area contributed by atoms with Gasteiger partial charge in [0.25, 0.3) is 0 Å². The van der Waals surface area contributed by atoms with Crippen molar-refractivity contribution in [2.45, 2.75) is 12.8 Å². The molecule has 1 aliphatic carbocycles. The van der Waals surface area contributed by atoms with Gasteiger partial charge in [0, 0.05) is 12.7 Å². The van der Waals surface area contributed by atoms with Crippen molar-refractivity contribution < 1.29 is 4.74 Å². The van der Waals surface area contributed by atoms with E-state index in [0.29, 0.717) is 5.92 Å². The lowest BCUT2D eigenvalue weighted by Gasteiger charge is -2.25. The minimum Gasteiger partial charge on any atom is -0.494 e. The van der Waals surface area contributed by atoms with Crippen LogP contribution in [0.2, 0.25) is 0 Å². The third kappa shape index (κ3) is 2.19. The van der Waals surface area contributed by atoms with Crippen LogP contribution in [0.4, 0.5) is 0 Å². The molecule has 0 radical (unpaired) electrons. The van der Waals surface area contributed by atoms with Gasteiger partial charge in [-0.15, -0.1) is 0 Å². The van der Waals surface area contributed by atoms with Gasteiger partial charge in [0.05, 0.1) is 7.11 Å². The molecule has 1 aliphatic heterocycles. The second kappa shape index (κ2) is 5.02. The van der Waals surface area contributed by atoms with Crippen molar-refractivity contribution in [1.82, 2.24) is 10.3 Å². The molecule has 1 aromatic heterocycles. The zero-order chi connectivity index (χ0) is 12.5. The summed E-state index contributed by atoms with van der Waals surface area (Å²) in [7, 11) is 1.68. The Balaban J connectivity index is 1.87. The van der Waals surface area contributed by atoms with E-state index in [2.05, 4.69) is 38.4 Å². The number of allylic oxidation sites excluding steroid dienone is 1. The average Bonchev–Trinajstić information content (AvgIpc) is 2.83. The first-order valence-electron chi connectivity index (χ1n) is 6.39. The monoisotopic (exact) mass is 308 g/mol. The van der Waals surface area contributed by atoms with Gasteiger partial charge in [0.2, 0.25) is 0 Å². The number of aromatic nitrogens is 1. The minimum absolute atomic E-state index is 0.698. The maximum Gasteiger partial charge on any atom is 0.152 e. The van der Waals surface area contributed by atoms with E-state index >= 15 is 0 Å². The molecule has 1 N–H and O–H groups in total. The molecule has 0 unspecified atom stereocenters. The van der Waals surface area contributed by atoms with Gasteiger partial charge in [0.15, 0.2) is 5.75 Å². The quantitative estimate of drug-likeness (QED) is 0.853. The van der Waals surface area contributed by atoms with Gasteiger partial charge < -0.3 is 10.1 Å². The summed E-state index contributed by atoms with van der Waals surface area (Å²) in [6.07, 6.45) is 6.81. The standard InChI is InChI=1S/C14H17BrN2O/c1-18-13-6-12(8-17-14(13)15)10-4-9-2-3-16-7-11(9)5-10/h5-6,8-9,11,16H,2-4,7H2,1H3/t9-,11-/m1/s1. The second-order valence-corrected chi connectivity index (χ2v) is 5.78. The number of nitrogens with one attached hydrogen (secondary N) is 1. The summed E-state index contributed by atoms with van der Waals surface area (Å²) >= 11 is 3.39. The Morgan fingerprint density at radius 1 is 1.50 bits per heavy atom. The van der Waals surface area contributed by atoms with Crippen molar-refractivity contribution in [3.8, 4) is 5.75 Å². The number of fused-ring (bicyclic) bond motifs is 1. The molecule has 0 aromatic carbocycles. The fourth-order valence-electron chi connectivity index (χ4n) is 2.96. The van der Waals surface area contributed by atoms with E-state index in [1.165, 1.54) is 24.0 Å². The molecule has 3 nitrogen and oxygen atoms in total. The Hall–Kier alpha value is -0.870. The summed E-state index contributed by atoms with van der Waals surface area (Å²) in [5.74, 6) is 2.32. The molecule has 3 rings (SSSR count). The molecule has 1 saturated heterocycles. The maximum absolute atomic E-state index is 5.31. The Morgan fingerprint density at radius 2 is 2.39 bits per heavy atom. The van der Waals surface area contributed by atoms with Crippen molar-refractivity contribution in [2.24, 2.45) is 11.8 Å². The van der Waals surface area contributed by atoms with Crippen molar-refractivity contribution in [2.75, 3.05) is 20.2 Å². The van der Waals surface area contributed by atoms with Gasteiger partial charge in [0.1, 0.15) is 4.60 Å². The highest BCUT2D eigenvalue weighted by Gasteiger charge is 2.30. The van der Waals surface area contributed by atoms with Crippen LogP contribution in [0.25, 0.3) is 5.57 Å². The van der Waals surface area contributed by atoms with Crippen molar-refractivity contribution >= 4 is 21.5 Å². The number of hydrogen-bond acceptors (Lipinski definition) is 3. The first kappa shape index (κ1) is 12.2. The number of nitrogens with zero attached hydrogens (tertiary/aromatic N) is 1. The molecule has 1 fully saturated rings. The van der Waals surface area contributed by atoms with Crippen LogP contribution in [0.15, 0.2) is 22.9 Å². The molecule has 18 heavy (non-hydrogen) atoms. The largest absolute Gasteiger partial charge is 0.494 e. The topological polar surface area (TPSA) is 34.1 Å². The first-order chi connectivity index (χ1) is 8.78. The smallest absolute Gasteiger partial charge is 0.152 e. The number of ether oxygens (including phenoxy) is 1. The van der Waals surface area contributed by atoms with Crippen LogP contribution in [0.5, 0.6) is 5.75 Å². The van der Waals surface area contributed by atoms with Gasteiger partial charge >= 0.3 is 0 Å². The van der Waals surface area contributed by atoms with Crippen LogP contribution in [-0.4, -0.2) is 25.2 Å². The highest BCUT2D eigenvalue weighted by atomic mass is 79.9. The lowest BCUT2D eigenvalue weighted by Crippen LogP contribution is -2.33. The molecule has 4 heteroatoms. The van der Waals surface area contributed by atoms with Crippen molar-refractivity contribution in [1.29, 1.82) is 0 Å². The first-order valence-corrected chi connectivity index (χ1v) is 7.18. The summed E-state index contributed by atoms with van der Waals surface area (Å²) < 4.78 is 6.08. The third-order valence-corrected chi connectivity index (χ3v) is 4.57. The van der Waals surface area contributed by atoms with E-state index in [1.54, 1.807) is 7.11 Å².